The number of anilines is 1. The molecule has 0 N–H and O–H groups in total. The summed E-state index contributed by atoms with van der Waals surface area (Å²) in [4.78, 5) is 33.3. The molecule has 226 valence electrons. The first-order valence-electron chi connectivity index (χ1n) is 16.0. The smallest absolute Gasteiger partial charge is 0.254 e. The molecule has 0 unspecified atom stereocenters. The van der Waals surface area contributed by atoms with Crippen LogP contribution in [0.4, 0.5) is 5.69 Å². The number of halogens is 1. The van der Waals surface area contributed by atoms with E-state index in [0.29, 0.717) is 49.1 Å². The fourth-order valence-corrected chi connectivity index (χ4v) is 7.41. The van der Waals surface area contributed by atoms with Crippen LogP contribution in [-0.4, -0.2) is 80.2 Å². The van der Waals surface area contributed by atoms with Crippen molar-refractivity contribution >= 4 is 29.1 Å². The number of rotatable bonds is 2. The lowest BCUT2D eigenvalue weighted by molar-refractivity contribution is 0.0332. The van der Waals surface area contributed by atoms with Gasteiger partial charge in [-0.1, -0.05) is 24.1 Å². The average Bonchev–Trinajstić information content (AvgIpc) is 3.50. The van der Waals surface area contributed by atoms with E-state index in [1.54, 1.807) is 0 Å². The van der Waals surface area contributed by atoms with Gasteiger partial charge in [-0.25, -0.2) is 0 Å². The molecule has 7 nitrogen and oxygen atoms in total. The number of ether oxygens (including phenoxy) is 2. The maximum atomic E-state index is 13.6. The molecular weight excluding hydrogens is 550 g/mol. The molecule has 2 aromatic carbocycles. The van der Waals surface area contributed by atoms with Gasteiger partial charge < -0.3 is 24.2 Å². The van der Waals surface area contributed by atoms with Gasteiger partial charge in [0.15, 0.2) is 0 Å². The minimum Gasteiger partial charge on any atom is -0.493 e. The molecule has 6 rings (SSSR count). The Kier molecular flexibility index (Phi) is 9.25. The van der Waals surface area contributed by atoms with E-state index in [4.69, 9.17) is 21.1 Å². The van der Waals surface area contributed by atoms with Crippen LogP contribution >= 0.6 is 11.6 Å². The Hall–Kier alpha value is -2.77. The third-order valence-electron chi connectivity index (χ3n) is 9.82. The molecule has 0 saturated carbocycles. The molecular formula is C34H44ClN3O4. The number of hydrogen-bond acceptors (Lipinski definition) is 5. The highest BCUT2D eigenvalue weighted by atomic mass is 35.5. The summed E-state index contributed by atoms with van der Waals surface area (Å²) in [7, 11) is 0. The van der Waals surface area contributed by atoms with Crippen molar-refractivity contribution in [2.75, 3.05) is 57.4 Å². The van der Waals surface area contributed by atoms with Gasteiger partial charge in [0.05, 0.1) is 30.0 Å². The van der Waals surface area contributed by atoms with Crippen molar-refractivity contribution < 1.29 is 19.1 Å². The molecule has 8 heteroatoms. The van der Waals surface area contributed by atoms with Gasteiger partial charge in [-0.05, 0) is 94.2 Å². The number of benzene rings is 2. The number of piperidine rings is 2. The number of hydrogen-bond donors (Lipinski definition) is 0. The summed E-state index contributed by atoms with van der Waals surface area (Å²) in [6.07, 6.45) is 10.5. The predicted octanol–water partition coefficient (Wildman–Crippen LogP) is 6.44. The van der Waals surface area contributed by atoms with Crippen molar-refractivity contribution in [1.29, 1.82) is 0 Å². The van der Waals surface area contributed by atoms with Gasteiger partial charge in [-0.15, -0.1) is 0 Å². The first-order chi connectivity index (χ1) is 20.5. The molecule has 2 amide bonds. The van der Waals surface area contributed by atoms with Crippen LogP contribution in [0.3, 0.4) is 0 Å². The standard InChI is InChI=1S/C34H44ClN3O4/c35-30-12-11-27(23-31(30)36-16-3-1-4-17-36)32(39)37-19-14-34(15-20-37)13-2-5-21-41-24-28-9-7-18-38(28)33(40)26-8-6-10-29(22-26)42-25-34/h6,8,10-12,22-23,28H,1-5,7,9,13-21,24-25H2/t28-/m0/s1. The van der Waals surface area contributed by atoms with Crippen molar-refractivity contribution in [2.24, 2.45) is 5.41 Å². The normalized spacial score (nSPS) is 23.6. The van der Waals surface area contributed by atoms with Gasteiger partial charge in [0.25, 0.3) is 11.8 Å². The van der Waals surface area contributed by atoms with E-state index >= 15 is 0 Å². The topological polar surface area (TPSA) is 62.3 Å². The van der Waals surface area contributed by atoms with E-state index in [0.717, 1.165) is 88.9 Å². The Bertz CT molecular complexity index is 1260. The van der Waals surface area contributed by atoms with Crippen molar-refractivity contribution in [3.05, 3.63) is 58.6 Å². The fraction of sp³-hybridized carbons (Fsp3) is 0.588. The number of carbonyl (C=O) groups excluding carboxylic acids is 2. The van der Waals surface area contributed by atoms with Gasteiger partial charge in [-0.2, -0.15) is 0 Å². The maximum absolute atomic E-state index is 13.6. The Labute approximate surface area is 255 Å². The van der Waals surface area contributed by atoms with Crippen LogP contribution in [0.5, 0.6) is 5.75 Å². The lowest BCUT2D eigenvalue weighted by atomic mass is 9.75. The van der Waals surface area contributed by atoms with Gasteiger partial charge in [0, 0.05) is 55.9 Å². The summed E-state index contributed by atoms with van der Waals surface area (Å²) in [6.45, 7) is 6.07. The number of amides is 2. The van der Waals surface area contributed by atoms with Crippen molar-refractivity contribution in [3.63, 3.8) is 0 Å². The van der Waals surface area contributed by atoms with E-state index in [9.17, 15) is 9.59 Å². The largest absolute Gasteiger partial charge is 0.493 e. The number of nitrogens with zero attached hydrogens (tertiary/aromatic N) is 3. The predicted molar refractivity (Wildman–Crippen MR) is 166 cm³/mol. The molecule has 2 bridgehead atoms. The first kappa shape index (κ1) is 29.3. The molecule has 0 aliphatic carbocycles. The van der Waals surface area contributed by atoms with Crippen molar-refractivity contribution in [3.8, 4) is 5.75 Å². The molecule has 4 heterocycles. The van der Waals surface area contributed by atoms with Crippen molar-refractivity contribution in [1.82, 2.24) is 9.80 Å². The minimum absolute atomic E-state index is 0.0179. The Morgan fingerprint density at radius 3 is 2.55 bits per heavy atom. The van der Waals surface area contributed by atoms with Crippen LogP contribution in [0.1, 0.15) is 84.9 Å². The third kappa shape index (κ3) is 6.57. The summed E-state index contributed by atoms with van der Waals surface area (Å²) in [5.74, 6) is 0.888. The Morgan fingerprint density at radius 1 is 0.881 bits per heavy atom. The molecule has 2 aromatic rings. The zero-order chi connectivity index (χ0) is 28.9. The monoisotopic (exact) mass is 593 g/mol. The highest BCUT2D eigenvalue weighted by Gasteiger charge is 2.37. The second-order valence-electron chi connectivity index (χ2n) is 12.6. The van der Waals surface area contributed by atoms with Gasteiger partial charge in [-0.3, -0.25) is 9.59 Å². The lowest BCUT2D eigenvalue weighted by Gasteiger charge is -2.42. The molecule has 1 atom stereocenters. The van der Waals surface area contributed by atoms with E-state index in [-0.39, 0.29) is 23.3 Å². The molecule has 3 fully saturated rings. The van der Waals surface area contributed by atoms with Gasteiger partial charge >= 0.3 is 0 Å². The molecule has 1 spiro atoms. The van der Waals surface area contributed by atoms with Crippen LogP contribution in [-0.2, 0) is 4.74 Å². The summed E-state index contributed by atoms with van der Waals surface area (Å²) in [5.41, 5.74) is 2.36. The van der Waals surface area contributed by atoms with Gasteiger partial charge in [0.1, 0.15) is 5.75 Å². The molecule has 42 heavy (non-hydrogen) atoms. The van der Waals surface area contributed by atoms with Crippen LogP contribution in [0, 0.1) is 5.41 Å². The van der Waals surface area contributed by atoms with E-state index in [1.807, 2.05) is 52.3 Å². The summed E-state index contributed by atoms with van der Waals surface area (Å²) < 4.78 is 12.5. The second kappa shape index (κ2) is 13.3. The van der Waals surface area contributed by atoms with Crippen LogP contribution in [0.15, 0.2) is 42.5 Å². The molecule has 3 saturated heterocycles. The van der Waals surface area contributed by atoms with E-state index < -0.39 is 0 Å². The number of fused-ring (bicyclic) bond motifs is 3. The zero-order valence-corrected chi connectivity index (χ0v) is 25.5. The number of carbonyl (C=O) groups is 2. The van der Waals surface area contributed by atoms with E-state index in [1.165, 1.54) is 6.42 Å². The SMILES string of the molecule is O=C(c1ccc(Cl)c(N2CCCCC2)c1)N1CCC2(CCCCOC[C@@H]3CCCN3C(=O)c3cccc(c3)OC2)CC1. The molecule has 0 aromatic heterocycles. The third-order valence-corrected chi connectivity index (χ3v) is 10.1. The lowest BCUT2D eigenvalue weighted by Crippen LogP contribution is -2.45. The Morgan fingerprint density at radius 2 is 1.71 bits per heavy atom. The molecule has 4 aliphatic heterocycles. The Balaban J connectivity index is 1.14. The quantitative estimate of drug-likeness (QED) is 0.401. The summed E-state index contributed by atoms with van der Waals surface area (Å²) >= 11 is 6.57. The minimum atomic E-state index is -0.0179. The molecule has 0 radical (unpaired) electrons. The highest BCUT2D eigenvalue weighted by molar-refractivity contribution is 6.33. The van der Waals surface area contributed by atoms with Crippen LogP contribution in [0.2, 0.25) is 5.02 Å². The maximum Gasteiger partial charge on any atom is 0.254 e. The highest BCUT2D eigenvalue weighted by Crippen LogP contribution is 2.39. The summed E-state index contributed by atoms with van der Waals surface area (Å²) in [5, 5.41) is 0.716. The average molecular weight is 594 g/mol. The van der Waals surface area contributed by atoms with Gasteiger partial charge in [0.2, 0.25) is 0 Å². The molecule has 4 aliphatic rings. The van der Waals surface area contributed by atoms with Crippen molar-refractivity contribution in [2.45, 2.75) is 70.3 Å². The summed E-state index contributed by atoms with van der Waals surface area (Å²) in [6, 6.07) is 13.5. The zero-order valence-electron chi connectivity index (χ0n) is 24.7. The first-order valence-corrected chi connectivity index (χ1v) is 16.3. The van der Waals surface area contributed by atoms with Crippen LogP contribution < -0.4 is 9.64 Å². The fourth-order valence-electron chi connectivity index (χ4n) is 7.18. The second-order valence-corrected chi connectivity index (χ2v) is 13.1. The number of likely N-dealkylation sites (tertiary alicyclic amines) is 1. The van der Waals surface area contributed by atoms with Crippen LogP contribution in [0.25, 0.3) is 0 Å². The van der Waals surface area contributed by atoms with E-state index in [2.05, 4.69) is 4.90 Å².